The normalized spacial score (nSPS) is 12.3. The Morgan fingerprint density at radius 3 is 2.46 bits per heavy atom. The van der Waals surface area contributed by atoms with Crippen LogP contribution in [0.25, 0.3) is 0 Å². The number of hydrogen-bond acceptors (Lipinski definition) is 6. The molecule has 0 spiro atoms. The number of hydrogen-bond donors (Lipinski definition) is 3. The van der Waals surface area contributed by atoms with Gasteiger partial charge in [0, 0.05) is 13.2 Å². The van der Waals surface area contributed by atoms with Crippen molar-refractivity contribution >= 4 is 17.5 Å². The van der Waals surface area contributed by atoms with Crippen LogP contribution in [0.2, 0.25) is 0 Å². The Kier molecular flexibility index (Phi) is 4.70. The fraction of sp³-hybridized carbons (Fsp3) is 0.500. The van der Waals surface area contributed by atoms with Crippen LogP contribution in [-0.4, -0.2) is 37.5 Å². The van der Waals surface area contributed by atoms with Crippen LogP contribution >= 0.6 is 0 Å². The smallest absolute Gasteiger partial charge is 0.389 e. The Hall–Kier alpha value is -2.36. The minimum Gasteiger partial charge on any atom is -0.389 e. The molecule has 0 aromatic carbocycles. The van der Waals surface area contributed by atoms with Crippen molar-refractivity contribution in [1.29, 1.82) is 0 Å². The predicted octanol–water partition coefficient (Wildman–Crippen LogP) is 2.56. The molecule has 0 saturated carbocycles. The summed E-state index contributed by atoms with van der Waals surface area (Å²) in [6, 6.07) is 0. The number of anilines is 3. The summed E-state index contributed by atoms with van der Waals surface area (Å²) in [6.07, 6.45) is -2.32. The lowest BCUT2D eigenvalue weighted by Gasteiger charge is -2.18. The van der Waals surface area contributed by atoms with E-state index in [-0.39, 0.29) is 18.3 Å². The Labute approximate surface area is 136 Å². The van der Waals surface area contributed by atoms with Gasteiger partial charge in [0.25, 0.3) is 0 Å². The molecule has 2 heterocycles. The van der Waals surface area contributed by atoms with Crippen molar-refractivity contribution < 1.29 is 18.3 Å². The van der Waals surface area contributed by atoms with Gasteiger partial charge in [-0.25, -0.2) is 4.98 Å². The zero-order valence-electron chi connectivity index (χ0n) is 13.7. The van der Waals surface area contributed by atoms with Crippen LogP contribution in [0.5, 0.6) is 0 Å². The summed E-state index contributed by atoms with van der Waals surface area (Å²) < 4.78 is 40.1. The summed E-state index contributed by atoms with van der Waals surface area (Å²) in [5, 5.41) is 19.2. The summed E-state index contributed by atoms with van der Waals surface area (Å²) in [5.41, 5.74) is -0.643. The Balaban J connectivity index is 2.26. The van der Waals surface area contributed by atoms with E-state index in [0.717, 1.165) is 6.20 Å². The number of halogens is 3. The molecule has 0 radical (unpaired) electrons. The molecule has 24 heavy (non-hydrogen) atoms. The molecule has 0 amide bonds. The van der Waals surface area contributed by atoms with E-state index in [4.69, 9.17) is 0 Å². The van der Waals surface area contributed by atoms with Gasteiger partial charge in [0.05, 0.1) is 29.7 Å². The number of nitrogens with one attached hydrogen (secondary N) is 2. The number of rotatable bonds is 5. The first kappa shape index (κ1) is 18.0. The molecule has 132 valence electrons. The zero-order valence-corrected chi connectivity index (χ0v) is 13.7. The van der Waals surface area contributed by atoms with Gasteiger partial charge in [-0.2, -0.15) is 23.3 Å². The van der Waals surface area contributed by atoms with E-state index in [0.29, 0.717) is 11.4 Å². The highest BCUT2D eigenvalue weighted by Crippen LogP contribution is 2.33. The standard InChI is InChI=1S/C14H19F3N6O/c1-8-10(6-20-23(8)7-13(2,3)24)21-12-19-5-9(14(15,16)17)11(18-4)22-12/h5-6,24H,7H2,1-4H3,(H2,18,19,21,22). The monoisotopic (exact) mass is 344 g/mol. The highest BCUT2D eigenvalue weighted by molar-refractivity contribution is 5.57. The second-order valence-electron chi connectivity index (χ2n) is 5.94. The van der Waals surface area contributed by atoms with Crippen LogP contribution in [0.1, 0.15) is 25.1 Å². The average molecular weight is 344 g/mol. The molecule has 0 aliphatic rings. The van der Waals surface area contributed by atoms with Crippen LogP contribution in [0.15, 0.2) is 12.4 Å². The lowest BCUT2D eigenvalue weighted by atomic mass is 10.1. The lowest BCUT2D eigenvalue weighted by Crippen LogP contribution is -2.27. The van der Waals surface area contributed by atoms with Gasteiger partial charge in [-0.15, -0.1) is 0 Å². The first-order valence-electron chi connectivity index (χ1n) is 7.15. The Bertz CT molecular complexity index is 720. The number of aromatic nitrogens is 4. The molecule has 0 atom stereocenters. The maximum Gasteiger partial charge on any atom is 0.421 e. The molecular formula is C14H19F3N6O. The van der Waals surface area contributed by atoms with Gasteiger partial charge in [-0.05, 0) is 20.8 Å². The third-order valence-corrected chi connectivity index (χ3v) is 3.22. The molecule has 0 saturated heterocycles. The molecule has 7 nitrogen and oxygen atoms in total. The summed E-state index contributed by atoms with van der Waals surface area (Å²) in [6.45, 7) is 5.35. The SMILES string of the molecule is CNc1nc(Nc2cnn(CC(C)(C)O)c2C)ncc1C(F)(F)F. The van der Waals surface area contributed by atoms with Crippen molar-refractivity contribution in [2.45, 2.75) is 39.1 Å². The van der Waals surface area contributed by atoms with E-state index in [2.05, 4.69) is 25.7 Å². The van der Waals surface area contributed by atoms with E-state index >= 15 is 0 Å². The zero-order chi connectivity index (χ0) is 18.1. The fourth-order valence-corrected chi connectivity index (χ4v) is 2.06. The number of aliphatic hydroxyl groups is 1. The topological polar surface area (TPSA) is 87.9 Å². The Morgan fingerprint density at radius 1 is 1.25 bits per heavy atom. The molecule has 0 bridgehead atoms. The summed E-state index contributed by atoms with van der Waals surface area (Å²) in [5.74, 6) is -0.306. The molecule has 0 unspecified atom stereocenters. The highest BCUT2D eigenvalue weighted by Gasteiger charge is 2.35. The van der Waals surface area contributed by atoms with Gasteiger partial charge < -0.3 is 15.7 Å². The quantitative estimate of drug-likeness (QED) is 0.773. The molecule has 0 fully saturated rings. The van der Waals surface area contributed by atoms with Gasteiger partial charge in [0.1, 0.15) is 11.4 Å². The van der Waals surface area contributed by atoms with E-state index in [1.165, 1.54) is 13.2 Å². The molecule has 3 N–H and O–H groups in total. The summed E-state index contributed by atoms with van der Waals surface area (Å²) >= 11 is 0. The molecule has 2 aromatic heterocycles. The minimum atomic E-state index is -4.54. The van der Waals surface area contributed by atoms with Gasteiger partial charge >= 0.3 is 6.18 Å². The highest BCUT2D eigenvalue weighted by atomic mass is 19.4. The van der Waals surface area contributed by atoms with Crippen molar-refractivity contribution in [3.63, 3.8) is 0 Å². The van der Waals surface area contributed by atoms with Gasteiger partial charge in [0.2, 0.25) is 5.95 Å². The molecule has 2 aromatic rings. The molecule has 2 rings (SSSR count). The van der Waals surface area contributed by atoms with Crippen LogP contribution in [0.3, 0.4) is 0 Å². The third kappa shape index (κ3) is 4.13. The van der Waals surface area contributed by atoms with E-state index in [1.54, 1.807) is 25.5 Å². The van der Waals surface area contributed by atoms with Crippen LogP contribution in [0.4, 0.5) is 30.6 Å². The summed E-state index contributed by atoms with van der Waals surface area (Å²) in [7, 11) is 1.36. The van der Waals surface area contributed by atoms with Gasteiger partial charge in [-0.1, -0.05) is 0 Å². The van der Waals surface area contributed by atoms with Gasteiger partial charge in [-0.3, -0.25) is 4.68 Å². The maximum atomic E-state index is 12.8. The molecule has 0 aliphatic carbocycles. The number of alkyl halides is 3. The fourth-order valence-electron chi connectivity index (χ4n) is 2.06. The van der Waals surface area contributed by atoms with Crippen molar-refractivity contribution in [1.82, 2.24) is 19.7 Å². The second kappa shape index (κ2) is 6.27. The van der Waals surface area contributed by atoms with Crippen LogP contribution < -0.4 is 10.6 Å². The Morgan fingerprint density at radius 2 is 1.92 bits per heavy atom. The number of nitrogens with zero attached hydrogens (tertiary/aromatic N) is 4. The molecular weight excluding hydrogens is 325 g/mol. The van der Waals surface area contributed by atoms with E-state index in [1.807, 2.05) is 0 Å². The van der Waals surface area contributed by atoms with Crippen molar-refractivity contribution in [2.75, 3.05) is 17.7 Å². The first-order chi connectivity index (χ1) is 11.0. The lowest BCUT2D eigenvalue weighted by molar-refractivity contribution is -0.137. The largest absolute Gasteiger partial charge is 0.421 e. The van der Waals surface area contributed by atoms with Gasteiger partial charge in [0.15, 0.2) is 0 Å². The van der Waals surface area contributed by atoms with Crippen LogP contribution in [0, 0.1) is 6.92 Å². The minimum absolute atomic E-state index is 0.0123. The second-order valence-corrected chi connectivity index (χ2v) is 5.94. The van der Waals surface area contributed by atoms with E-state index in [9.17, 15) is 18.3 Å². The molecule has 10 heteroatoms. The predicted molar refractivity (Wildman–Crippen MR) is 83.1 cm³/mol. The van der Waals surface area contributed by atoms with Crippen molar-refractivity contribution in [3.05, 3.63) is 23.7 Å². The average Bonchev–Trinajstić information content (AvgIpc) is 2.77. The summed E-state index contributed by atoms with van der Waals surface area (Å²) in [4.78, 5) is 7.54. The maximum absolute atomic E-state index is 12.8. The van der Waals surface area contributed by atoms with Crippen molar-refractivity contribution in [2.24, 2.45) is 0 Å². The molecule has 0 aliphatic heterocycles. The van der Waals surface area contributed by atoms with Crippen molar-refractivity contribution in [3.8, 4) is 0 Å². The van der Waals surface area contributed by atoms with E-state index < -0.39 is 17.3 Å². The van der Waals surface area contributed by atoms with Crippen LogP contribution in [-0.2, 0) is 12.7 Å². The first-order valence-corrected chi connectivity index (χ1v) is 7.15. The third-order valence-electron chi connectivity index (χ3n) is 3.22.